The highest BCUT2D eigenvalue weighted by atomic mass is 79.9. The largest absolute Gasteiger partial charge is 0.477 e. The van der Waals surface area contributed by atoms with E-state index in [1.807, 2.05) is 0 Å². The molecule has 21 heavy (non-hydrogen) atoms. The predicted molar refractivity (Wildman–Crippen MR) is 75.5 cm³/mol. The van der Waals surface area contributed by atoms with E-state index in [-0.39, 0.29) is 21.4 Å². The summed E-state index contributed by atoms with van der Waals surface area (Å²) in [6, 6.07) is -0.0493. The van der Waals surface area contributed by atoms with Gasteiger partial charge >= 0.3 is 5.97 Å². The molecule has 8 heteroatoms. The third-order valence-electron chi connectivity index (χ3n) is 3.50. The standard InChI is InChI=1S/C13H9BrF2N2O3/c14-7-8(15)9(16)10(17)6-11(7)18(4-1-2-4)3-5(12(6)19)13(20)21/h3-4H,1-2,17H2,(H,20,21). The second-order valence-corrected chi connectivity index (χ2v) is 5.69. The molecular formula is C13H9BrF2N2O3. The van der Waals surface area contributed by atoms with Gasteiger partial charge in [0, 0.05) is 12.2 Å². The lowest BCUT2D eigenvalue weighted by Gasteiger charge is -2.15. The molecule has 0 atom stereocenters. The Labute approximate surface area is 125 Å². The first-order valence-corrected chi connectivity index (χ1v) is 6.88. The van der Waals surface area contributed by atoms with Crippen molar-refractivity contribution in [1.82, 2.24) is 4.57 Å². The third kappa shape index (κ3) is 1.93. The van der Waals surface area contributed by atoms with E-state index < -0.39 is 34.3 Å². The van der Waals surface area contributed by atoms with Crippen LogP contribution in [0, 0.1) is 11.6 Å². The number of aromatic nitrogens is 1. The van der Waals surface area contributed by atoms with E-state index >= 15 is 0 Å². The van der Waals surface area contributed by atoms with Crippen LogP contribution in [0.4, 0.5) is 14.5 Å². The molecule has 0 unspecified atom stereocenters. The summed E-state index contributed by atoms with van der Waals surface area (Å²) in [5, 5.41) is 8.79. The molecule has 2 aromatic rings. The average molecular weight is 359 g/mol. The van der Waals surface area contributed by atoms with Gasteiger partial charge in [0.2, 0.25) is 5.43 Å². The van der Waals surface area contributed by atoms with Gasteiger partial charge in [-0.1, -0.05) is 0 Å². The summed E-state index contributed by atoms with van der Waals surface area (Å²) in [7, 11) is 0. The molecule has 3 N–H and O–H groups in total. The van der Waals surface area contributed by atoms with E-state index in [4.69, 9.17) is 10.8 Å². The third-order valence-corrected chi connectivity index (χ3v) is 4.23. The SMILES string of the molecule is Nc1c(F)c(F)c(Br)c2c1c(=O)c(C(=O)O)cn2C1CC1. The highest BCUT2D eigenvalue weighted by Gasteiger charge is 2.30. The molecule has 3 rings (SSSR count). The summed E-state index contributed by atoms with van der Waals surface area (Å²) in [6.07, 6.45) is 2.69. The Bertz CT molecular complexity index is 859. The molecule has 0 aliphatic heterocycles. The lowest BCUT2D eigenvalue weighted by atomic mass is 10.1. The first kappa shape index (κ1) is 14.0. The monoisotopic (exact) mass is 358 g/mol. The van der Waals surface area contributed by atoms with Crippen molar-refractivity contribution < 1.29 is 18.7 Å². The van der Waals surface area contributed by atoms with E-state index in [2.05, 4.69) is 15.9 Å². The molecule has 1 fully saturated rings. The Hall–Kier alpha value is -1.96. The maximum Gasteiger partial charge on any atom is 0.341 e. The Morgan fingerprint density at radius 3 is 2.52 bits per heavy atom. The number of rotatable bonds is 2. The van der Waals surface area contributed by atoms with Crippen LogP contribution in [0.25, 0.3) is 10.9 Å². The molecule has 1 aromatic heterocycles. The zero-order valence-electron chi connectivity index (χ0n) is 10.5. The Kier molecular flexibility index (Phi) is 3.01. The number of halogens is 3. The highest BCUT2D eigenvalue weighted by molar-refractivity contribution is 9.10. The molecule has 1 saturated carbocycles. The van der Waals surface area contributed by atoms with Gasteiger partial charge in [0.25, 0.3) is 0 Å². The number of carboxylic acid groups (broad SMARTS) is 1. The Balaban J connectivity index is 2.59. The molecular weight excluding hydrogens is 350 g/mol. The summed E-state index contributed by atoms with van der Waals surface area (Å²) in [5.74, 6) is -4.00. The van der Waals surface area contributed by atoms with E-state index in [1.54, 1.807) is 0 Å². The van der Waals surface area contributed by atoms with Gasteiger partial charge in [-0.2, -0.15) is 0 Å². The number of pyridine rings is 1. The minimum atomic E-state index is -1.43. The van der Waals surface area contributed by atoms with Crippen molar-refractivity contribution in [2.45, 2.75) is 18.9 Å². The molecule has 1 aliphatic rings. The molecule has 110 valence electrons. The number of hydrogen-bond acceptors (Lipinski definition) is 3. The number of nitrogens with zero attached hydrogens (tertiary/aromatic N) is 1. The van der Waals surface area contributed by atoms with Gasteiger partial charge in [-0.15, -0.1) is 0 Å². The van der Waals surface area contributed by atoms with Crippen molar-refractivity contribution in [3.05, 3.63) is 38.1 Å². The van der Waals surface area contributed by atoms with Crippen LogP contribution in [0.2, 0.25) is 0 Å². The maximum absolute atomic E-state index is 13.8. The molecule has 1 heterocycles. The van der Waals surface area contributed by atoms with Gasteiger partial charge in [-0.25, -0.2) is 13.6 Å². The topological polar surface area (TPSA) is 85.3 Å². The summed E-state index contributed by atoms with van der Waals surface area (Å²) in [5.41, 5.74) is 3.48. The number of benzene rings is 1. The van der Waals surface area contributed by atoms with Crippen LogP contribution in [0.3, 0.4) is 0 Å². The lowest BCUT2D eigenvalue weighted by Crippen LogP contribution is -2.21. The fraction of sp³-hybridized carbons (Fsp3) is 0.231. The molecule has 0 bridgehead atoms. The van der Waals surface area contributed by atoms with Gasteiger partial charge in [0.1, 0.15) is 5.56 Å². The average Bonchev–Trinajstić information content (AvgIpc) is 3.26. The number of aromatic carboxylic acids is 1. The van der Waals surface area contributed by atoms with E-state index in [9.17, 15) is 18.4 Å². The maximum atomic E-state index is 13.8. The van der Waals surface area contributed by atoms with Crippen LogP contribution in [-0.2, 0) is 0 Å². The zero-order chi connectivity index (χ0) is 15.5. The van der Waals surface area contributed by atoms with E-state index in [1.165, 1.54) is 4.57 Å². The van der Waals surface area contributed by atoms with Crippen molar-refractivity contribution >= 4 is 38.5 Å². The molecule has 0 amide bonds. The number of hydrogen-bond donors (Lipinski definition) is 2. The van der Waals surface area contributed by atoms with Gasteiger partial charge in [0.15, 0.2) is 11.6 Å². The van der Waals surface area contributed by atoms with Gasteiger partial charge in [-0.05, 0) is 28.8 Å². The van der Waals surface area contributed by atoms with Crippen LogP contribution < -0.4 is 11.2 Å². The van der Waals surface area contributed by atoms with Crippen LogP contribution in [0.1, 0.15) is 29.2 Å². The molecule has 1 aromatic carbocycles. The summed E-state index contributed by atoms with van der Waals surface area (Å²) in [4.78, 5) is 23.4. The second kappa shape index (κ2) is 4.52. The number of nitrogen functional groups attached to an aromatic ring is 1. The van der Waals surface area contributed by atoms with E-state index in [0.29, 0.717) is 0 Å². The van der Waals surface area contributed by atoms with Crippen molar-refractivity contribution in [2.24, 2.45) is 0 Å². The highest BCUT2D eigenvalue weighted by Crippen LogP contribution is 2.41. The van der Waals surface area contributed by atoms with Gasteiger partial charge < -0.3 is 15.4 Å². The Morgan fingerprint density at radius 2 is 2.00 bits per heavy atom. The zero-order valence-corrected chi connectivity index (χ0v) is 12.1. The van der Waals surface area contributed by atoms with Crippen molar-refractivity contribution in [3.8, 4) is 0 Å². The first-order valence-electron chi connectivity index (χ1n) is 6.08. The summed E-state index contributed by atoms with van der Waals surface area (Å²) >= 11 is 2.93. The minimum absolute atomic E-state index is 0.0493. The Morgan fingerprint density at radius 1 is 1.38 bits per heavy atom. The molecule has 0 radical (unpaired) electrons. The molecule has 1 aliphatic carbocycles. The predicted octanol–water partition coefficient (Wildman–Crippen LogP) is 2.66. The van der Waals surface area contributed by atoms with E-state index in [0.717, 1.165) is 19.0 Å². The fourth-order valence-electron chi connectivity index (χ4n) is 2.33. The quantitative estimate of drug-likeness (QED) is 0.638. The first-order chi connectivity index (χ1) is 9.84. The van der Waals surface area contributed by atoms with Crippen LogP contribution in [0.5, 0.6) is 0 Å². The van der Waals surface area contributed by atoms with Crippen molar-refractivity contribution in [1.29, 1.82) is 0 Å². The smallest absolute Gasteiger partial charge is 0.341 e. The van der Waals surface area contributed by atoms with Crippen molar-refractivity contribution in [2.75, 3.05) is 5.73 Å². The lowest BCUT2D eigenvalue weighted by molar-refractivity contribution is 0.0695. The van der Waals surface area contributed by atoms with Crippen LogP contribution in [0.15, 0.2) is 15.5 Å². The van der Waals surface area contributed by atoms with Gasteiger partial charge in [0.05, 0.1) is 21.1 Å². The van der Waals surface area contributed by atoms with Crippen molar-refractivity contribution in [3.63, 3.8) is 0 Å². The van der Waals surface area contributed by atoms with Crippen LogP contribution >= 0.6 is 15.9 Å². The molecule has 5 nitrogen and oxygen atoms in total. The molecule has 0 saturated heterocycles. The minimum Gasteiger partial charge on any atom is -0.477 e. The second-order valence-electron chi connectivity index (χ2n) is 4.89. The molecule has 0 spiro atoms. The normalized spacial score (nSPS) is 14.6. The summed E-state index contributed by atoms with van der Waals surface area (Å²) < 4.78 is 28.8. The number of fused-ring (bicyclic) bond motifs is 1. The number of nitrogens with two attached hydrogens (primary N) is 1. The number of anilines is 1. The van der Waals surface area contributed by atoms with Gasteiger partial charge in [-0.3, -0.25) is 4.79 Å². The number of carbonyl (C=O) groups is 1. The van der Waals surface area contributed by atoms with Crippen LogP contribution in [-0.4, -0.2) is 15.6 Å². The number of carboxylic acids is 1. The summed E-state index contributed by atoms with van der Waals surface area (Å²) in [6.45, 7) is 0. The fourth-order valence-corrected chi connectivity index (χ4v) is 2.90.